The smallest absolute Gasteiger partial charge is 0.238 e. The standard InChI is InChI=1S/C41H31BrN2O6/c42-33-21-35(46)38-32(39(33)47)20-31-28(36(38)29-16-15-27(19-34(29)45)50-22-23-7-3-1-4-8-23)17-18-30-37(31)41(49)44(40(30)48)26-13-11-25(12-14-26)43-24-9-5-2-6-10-24/h1-17,19,21,30-31,36-37,43,45H,18,20,22H2/t30-,31+,36+,37-/m0/s1. The molecule has 0 saturated carbocycles. The zero-order valence-corrected chi connectivity index (χ0v) is 28.3. The van der Waals surface area contributed by atoms with Crippen molar-refractivity contribution in [3.05, 3.63) is 148 Å². The summed E-state index contributed by atoms with van der Waals surface area (Å²) in [5.74, 6) is -3.58. The van der Waals surface area contributed by atoms with Crippen molar-refractivity contribution < 1.29 is 29.0 Å². The van der Waals surface area contributed by atoms with Crippen molar-refractivity contribution in [2.45, 2.75) is 25.4 Å². The molecule has 4 atom stereocenters. The molecule has 4 aromatic rings. The normalized spacial score (nSPS) is 22.8. The predicted molar refractivity (Wildman–Crippen MR) is 192 cm³/mol. The van der Waals surface area contributed by atoms with Gasteiger partial charge in [-0.05, 0) is 82.7 Å². The van der Waals surface area contributed by atoms with Crippen molar-refractivity contribution >= 4 is 56.4 Å². The minimum Gasteiger partial charge on any atom is -0.507 e. The van der Waals surface area contributed by atoms with Gasteiger partial charge in [-0.15, -0.1) is 0 Å². The number of imide groups is 1. The number of hydrogen-bond donors (Lipinski definition) is 2. The van der Waals surface area contributed by atoms with E-state index in [9.17, 15) is 24.3 Å². The fourth-order valence-electron chi connectivity index (χ4n) is 7.80. The van der Waals surface area contributed by atoms with Crippen LogP contribution in [-0.4, -0.2) is 28.5 Å². The first-order valence-electron chi connectivity index (χ1n) is 16.5. The van der Waals surface area contributed by atoms with Gasteiger partial charge >= 0.3 is 0 Å². The molecule has 9 heteroatoms. The number of allylic oxidation sites excluding steroid dienone is 6. The number of benzene rings is 4. The molecule has 1 saturated heterocycles. The number of fused-ring (bicyclic) bond motifs is 3. The molecule has 8 rings (SSSR count). The minimum absolute atomic E-state index is 0.0930. The van der Waals surface area contributed by atoms with E-state index in [1.807, 2.05) is 78.9 Å². The molecular weight excluding hydrogens is 696 g/mol. The second-order valence-electron chi connectivity index (χ2n) is 12.9. The summed E-state index contributed by atoms with van der Waals surface area (Å²) >= 11 is 3.27. The van der Waals surface area contributed by atoms with Crippen molar-refractivity contribution in [1.82, 2.24) is 0 Å². The number of nitrogens with zero attached hydrogens (tertiary/aromatic N) is 1. The molecule has 1 aliphatic heterocycles. The van der Waals surface area contributed by atoms with Crippen LogP contribution in [0.3, 0.4) is 0 Å². The molecule has 0 bridgehead atoms. The lowest BCUT2D eigenvalue weighted by Gasteiger charge is -2.42. The lowest BCUT2D eigenvalue weighted by molar-refractivity contribution is -0.123. The molecule has 248 valence electrons. The summed E-state index contributed by atoms with van der Waals surface area (Å²) < 4.78 is 6.09. The number of carbonyl (C=O) groups is 4. The number of anilines is 3. The van der Waals surface area contributed by atoms with Crippen LogP contribution in [0, 0.1) is 17.8 Å². The number of rotatable bonds is 7. The van der Waals surface area contributed by atoms with Gasteiger partial charge in [0, 0.05) is 46.1 Å². The van der Waals surface area contributed by atoms with Crippen LogP contribution in [0.4, 0.5) is 17.1 Å². The number of para-hydroxylation sites is 1. The summed E-state index contributed by atoms with van der Waals surface area (Å²) in [7, 11) is 0. The van der Waals surface area contributed by atoms with Crippen LogP contribution in [0.25, 0.3) is 0 Å². The molecule has 2 N–H and O–H groups in total. The van der Waals surface area contributed by atoms with E-state index >= 15 is 0 Å². The quantitative estimate of drug-likeness (QED) is 0.114. The molecule has 1 fully saturated rings. The average molecular weight is 728 g/mol. The topological polar surface area (TPSA) is 113 Å². The van der Waals surface area contributed by atoms with E-state index in [-0.39, 0.29) is 40.0 Å². The van der Waals surface area contributed by atoms with E-state index in [1.165, 1.54) is 17.0 Å². The number of hydrogen-bond acceptors (Lipinski definition) is 7. The summed E-state index contributed by atoms with van der Waals surface area (Å²) in [5, 5.41) is 14.7. The molecular formula is C41H31BrN2O6. The number of ether oxygens (including phenoxy) is 1. The van der Waals surface area contributed by atoms with Gasteiger partial charge in [0.05, 0.1) is 22.0 Å². The monoisotopic (exact) mass is 726 g/mol. The van der Waals surface area contributed by atoms with Crippen molar-refractivity contribution in [3.63, 3.8) is 0 Å². The van der Waals surface area contributed by atoms with Gasteiger partial charge in [0.15, 0.2) is 11.6 Å². The first-order valence-corrected chi connectivity index (χ1v) is 17.3. The highest BCUT2D eigenvalue weighted by Gasteiger charge is 2.57. The number of carbonyl (C=O) groups excluding carboxylic acids is 4. The van der Waals surface area contributed by atoms with Crippen LogP contribution >= 0.6 is 15.9 Å². The molecule has 0 radical (unpaired) electrons. The Morgan fingerprint density at radius 2 is 1.52 bits per heavy atom. The Balaban J connectivity index is 1.12. The van der Waals surface area contributed by atoms with Gasteiger partial charge in [-0.3, -0.25) is 24.1 Å². The lowest BCUT2D eigenvalue weighted by Crippen LogP contribution is -2.39. The van der Waals surface area contributed by atoms with Crippen molar-refractivity contribution in [2.24, 2.45) is 17.8 Å². The van der Waals surface area contributed by atoms with Gasteiger partial charge in [-0.1, -0.05) is 66.2 Å². The second kappa shape index (κ2) is 12.7. The highest BCUT2D eigenvalue weighted by molar-refractivity contribution is 9.12. The summed E-state index contributed by atoms with van der Waals surface area (Å²) in [4.78, 5) is 56.7. The fourth-order valence-corrected chi connectivity index (χ4v) is 8.24. The van der Waals surface area contributed by atoms with E-state index in [4.69, 9.17) is 4.74 Å². The third-order valence-corrected chi connectivity index (χ3v) is 10.7. The van der Waals surface area contributed by atoms with Gasteiger partial charge < -0.3 is 15.2 Å². The van der Waals surface area contributed by atoms with Crippen LogP contribution in [0.1, 0.15) is 29.9 Å². The SMILES string of the molecule is O=C1C=C(Br)C(=O)C2=C1[C@@H](c1ccc(OCc3ccccc3)cc1O)C1=CC[C@@H]3C(=O)N(c4ccc(Nc5ccccc5)cc4)C(=O)[C@@H]3[C@@H]1C2. The third kappa shape index (κ3) is 5.47. The molecule has 2 amide bonds. The molecule has 3 aliphatic carbocycles. The minimum atomic E-state index is -0.776. The Morgan fingerprint density at radius 1 is 0.820 bits per heavy atom. The highest BCUT2D eigenvalue weighted by atomic mass is 79.9. The van der Waals surface area contributed by atoms with Gasteiger partial charge in [-0.25, -0.2) is 0 Å². The maximum absolute atomic E-state index is 14.3. The van der Waals surface area contributed by atoms with E-state index in [0.29, 0.717) is 41.2 Å². The maximum Gasteiger partial charge on any atom is 0.238 e. The van der Waals surface area contributed by atoms with E-state index < -0.39 is 23.7 Å². The number of phenols is 1. The Bertz CT molecular complexity index is 2160. The van der Waals surface area contributed by atoms with E-state index in [1.54, 1.807) is 24.3 Å². The van der Waals surface area contributed by atoms with Gasteiger partial charge in [0.2, 0.25) is 11.8 Å². The molecule has 4 aliphatic rings. The lowest BCUT2D eigenvalue weighted by atomic mass is 9.59. The first kappa shape index (κ1) is 31.7. The number of ketones is 2. The molecule has 0 unspecified atom stereocenters. The zero-order chi connectivity index (χ0) is 34.5. The van der Waals surface area contributed by atoms with Crippen LogP contribution in [0.5, 0.6) is 11.5 Å². The largest absolute Gasteiger partial charge is 0.507 e. The van der Waals surface area contributed by atoms with Crippen LogP contribution in [0.2, 0.25) is 0 Å². The highest BCUT2D eigenvalue weighted by Crippen LogP contribution is 2.56. The Morgan fingerprint density at radius 3 is 2.24 bits per heavy atom. The van der Waals surface area contributed by atoms with Crippen LogP contribution in [-0.2, 0) is 25.8 Å². The summed E-state index contributed by atoms with van der Waals surface area (Å²) in [6.45, 7) is 0.305. The number of nitrogens with one attached hydrogen (secondary N) is 1. The van der Waals surface area contributed by atoms with E-state index in [0.717, 1.165) is 22.5 Å². The van der Waals surface area contributed by atoms with Gasteiger partial charge in [0.1, 0.15) is 18.1 Å². The molecule has 1 heterocycles. The van der Waals surface area contributed by atoms with Gasteiger partial charge in [0.25, 0.3) is 0 Å². The Kier molecular flexibility index (Phi) is 8.07. The Hall–Kier alpha value is -5.54. The Labute approximate surface area is 296 Å². The first-order chi connectivity index (χ1) is 24.3. The van der Waals surface area contributed by atoms with E-state index in [2.05, 4.69) is 21.2 Å². The second-order valence-corrected chi connectivity index (χ2v) is 13.8. The van der Waals surface area contributed by atoms with Crippen molar-refractivity contribution in [2.75, 3.05) is 10.2 Å². The summed E-state index contributed by atoms with van der Waals surface area (Å²) in [6.07, 6.45) is 3.65. The third-order valence-electron chi connectivity index (χ3n) is 10.1. The molecule has 4 aromatic carbocycles. The maximum atomic E-state index is 14.3. The number of Topliss-reactive ketones (excluding diaryl/α,β-unsaturated/α-hetero) is 1. The summed E-state index contributed by atoms with van der Waals surface area (Å²) in [5.41, 5.74) is 4.95. The van der Waals surface area contributed by atoms with Crippen molar-refractivity contribution in [1.29, 1.82) is 0 Å². The molecule has 0 aromatic heterocycles. The average Bonchev–Trinajstić information content (AvgIpc) is 3.39. The number of halogens is 1. The predicted octanol–water partition coefficient (Wildman–Crippen LogP) is 7.68. The van der Waals surface area contributed by atoms with Crippen LogP contribution < -0.4 is 15.0 Å². The molecule has 8 nitrogen and oxygen atoms in total. The summed E-state index contributed by atoms with van der Waals surface area (Å²) in [6, 6.07) is 31.5. The number of amides is 2. The zero-order valence-electron chi connectivity index (χ0n) is 26.7. The van der Waals surface area contributed by atoms with Crippen LogP contribution in [0.15, 0.2) is 136 Å². The van der Waals surface area contributed by atoms with Gasteiger partial charge in [-0.2, -0.15) is 0 Å². The molecule has 0 spiro atoms. The molecule has 50 heavy (non-hydrogen) atoms. The number of phenolic OH excluding ortho intramolecular Hbond substituents is 1. The number of aromatic hydroxyl groups is 1. The van der Waals surface area contributed by atoms with Crippen molar-refractivity contribution in [3.8, 4) is 11.5 Å². The fraction of sp³-hybridized carbons (Fsp3) is 0.171.